The van der Waals surface area contributed by atoms with Gasteiger partial charge in [0, 0.05) is 7.05 Å². The molecule has 2 unspecified atom stereocenters. The predicted molar refractivity (Wildman–Crippen MR) is 80.5 cm³/mol. The Labute approximate surface area is 128 Å². The zero-order valence-corrected chi connectivity index (χ0v) is 13.5. The van der Waals surface area contributed by atoms with Crippen LogP contribution in [-0.4, -0.2) is 49.5 Å². The van der Waals surface area contributed by atoms with E-state index in [0.717, 1.165) is 34.9 Å². The molecule has 1 aliphatic rings. The summed E-state index contributed by atoms with van der Waals surface area (Å²) in [6, 6.07) is 2.90. The molecule has 0 radical (unpaired) electrons. The summed E-state index contributed by atoms with van der Waals surface area (Å²) in [5, 5.41) is 14.2. The number of carbonyl (C=O) groups is 1. The minimum atomic E-state index is -3.62. The molecular formula is C13H20N2O4S2. The minimum Gasteiger partial charge on any atom is -0.391 e. The Morgan fingerprint density at radius 2 is 2.19 bits per heavy atom. The lowest BCUT2D eigenvalue weighted by Gasteiger charge is -2.28. The second-order valence-electron chi connectivity index (χ2n) is 5.22. The molecule has 2 atom stereocenters. The molecule has 1 amide bonds. The maximum Gasteiger partial charge on any atom is 0.252 e. The van der Waals surface area contributed by atoms with Crippen molar-refractivity contribution in [1.82, 2.24) is 9.62 Å². The average Bonchev–Trinajstić information content (AvgIpc) is 2.96. The van der Waals surface area contributed by atoms with Crippen LogP contribution >= 0.6 is 11.3 Å². The second-order valence-corrected chi connectivity index (χ2v) is 8.44. The summed E-state index contributed by atoms with van der Waals surface area (Å²) in [5.41, 5.74) is 0. The number of aliphatic hydroxyl groups excluding tert-OH is 1. The number of sulfonamides is 1. The highest BCUT2D eigenvalue weighted by molar-refractivity contribution is 7.91. The highest BCUT2D eigenvalue weighted by Crippen LogP contribution is 2.20. The van der Waals surface area contributed by atoms with Gasteiger partial charge in [0.1, 0.15) is 4.21 Å². The van der Waals surface area contributed by atoms with E-state index in [-0.39, 0.29) is 22.7 Å². The SMILES string of the molecule is CN(CC(=O)NC1CCCCC1O)S(=O)(=O)c1cccs1. The van der Waals surface area contributed by atoms with Gasteiger partial charge in [-0.3, -0.25) is 4.79 Å². The zero-order valence-electron chi connectivity index (χ0n) is 11.9. The smallest absolute Gasteiger partial charge is 0.252 e. The highest BCUT2D eigenvalue weighted by atomic mass is 32.2. The monoisotopic (exact) mass is 332 g/mol. The first-order chi connectivity index (χ1) is 9.91. The van der Waals surface area contributed by atoms with Gasteiger partial charge in [0.15, 0.2) is 0 Å². The van der Waals surface area contributed by atoms with E-state index in [1.165, 1.54) is 13.1 Å². The molecule has 1 aromatic rings. The van der Waals surface area contributed by atoms with E-state index in [9.17, 15) is 18.3 Å². The number of amides is 1. The topological polar surface area (TPSA) is 86.7 Å². The summed E-state index contributed by atoms with van der Waals surface area (Å²) in [5.74, 6) is -0.386. The fourth-order valence-electron chi connectivity index (χ4n) is 2.38. The van der Waals surface area contributed by atoms with Crippen molar-refractivity contribution in [3.05, 3.63) is 17.5 Å². The summed E-state index contributed by atoms with van der Waals surface area (Å²) >= 11 is 1.12. The summed E-state index contributed by atoms with van der Waals surface area (Å²) in [6.07, 6.45) is 2.79. The van der Waals surface area contributed by atoms with Crippen LogP contribution in [0.15, 0.2) is 21.7 Å². The molecule has 1 aromatic heterocycles. The third kappa shape index (κ3) is 4.03. The van der Waals surface area contributed by atoms with Crippen molar-refractivity contribution in [2.24, 2.45) is 0 Å². The normalized spacial score (nSPS) is 23.2. The Bertz CT molecular complexity index is 571. The number of rotatable bonds is 5. The number of carbonyl (C=O) groups excluding carboxylic acids is 1. The molecule has 21 heavy (non-hydrogen) atoms. The van der Waals surface area contributed by atoms with Crippen LogP contribution in [0.3, 0.4) is 0 Å². The lowest BCUT2D eigenvalue weighted by Crippen LogP contribution is -2.48. The van der Waals surface area contributed by atoms with Gasteiger partial charge in [-0.15, -0.1) is 11.3 Å². The number of hydrogen-bond donors (Lipinski definition) is 2. The van der Waals surface area contributed by atoms with Crippen molar-refractivity contribution >= 4 is 27.3 Å². The molecule has 0 aliphatic heterocycles. The molecule has 0 saturated heterocycles. The van der Waals surface area contributed by atoms with Gasteiger partial charge in [0.05, 0.1) is 18.7 Å². The number of likely N-dealkylation sites (N-methyl/N-ethyl adjacent to an activating group) is 1. The second kappa shape index (κ2) is 6.87. The Morgan fingerprint density at radius 1 is 1.48 bits per heavy atom. The van der Waals surface area contributed by atoms with Crippen molar-refractivity contribution in [3.63, 3.8) is 0 Å². The third-order valence-corrected chi connectivity index (χ3v) is 6.78. The van der Waals surface area contributed by atoms with Crippen LogP contribution in [0.2, 0.25) is 0 Å². The van der Waals surface area contributed by atoms with Gasteiger partial charge in [-0.25, -0.2) is 8.42 Å². The fourth-order valence-corrected chi connectivity index (χ4v) is 4.71. The van der Waals surface area contributed by atoms with Crippen LogP contribution in [0, 0.1) is 0 Å². The molecule has 6 nitrogen and oxygen atoms in total. The zero-order chi connectivity index (χ0) is 15.5. The maximum absolute atomic E-state index is 12.2. The Morgan fingerprint density at radius 3 is 2.81 bits per heavy atom. The van der Waals surface area contributed by atoms with Crippen molar-refractivity contribution < 1.29 is 18.3 Å². The van der Waals surface area contributed by atoms with Gasteiger partial charge in [-0.1, -0.05) is 18.9 Å². The molecule has 1 fully saturated rings. The van der Waals surface area contributed by atoms with Gasteiger partial charge in [-0.05, 0) is 24.3 Å². The number of nitrogens with one attached hydrogen (secondary N) is 1. The van der Waals surface area contributed by atoms with Crippen LogP contribution in [0.5, 0.6) is 0 Å². The largest absolute Gasteiger partial charge is 0.391 e. The molecule has 1 saturated carbocycles. The molecule has 0 spiro atoms. The summed E-state index contributed by atoms with van der Waals surface area (Å²) in [7, 11) is -2.24. The van der Waals surface area contributed by atoms with E-state index >= 15 is 0 Å². The van der Waals surface area contributed by atoms with Crippen LogP contribution in [-0.2, 0) is 14.8 Å². The lowest BCUT2D eigenvalue weighted by atomic mass is 9.92. The van der Waals surface area contributed by atoms with E-state index in [0.29, 0.717) is 6.42 Å². The molecule has 0 aromatic carbocycles. The van der Waals surface area contributed by atoms with Crippen LogP contribution in [0.1, 0.15) is 25.7 Å². The van der Waals surface area contributed by atoms with Gasteiger partial charge < -0.3 is 10.4 Å². The Balaban J connectivity index is 1.93. The first-order valence-electron chi connectivity index (χ1n) is 6.88. The fraction of sp³-hybridized carbons (Fsp3) is 0.615. The van der Waals surface area contributed by atoms with E-state index in [4.69, 9.17) is 0 Å². The first-order valence-corrected chi connectivity index (χ1v) is 9.20. The van der Waals surface area contributed by atoms with Crippen LogP contribution in [0.4, 0.5) is 0 Å². The standard InChI is InChI=1S/C13H20N2O4S2/c1-15(21(18,19)13-7-4-8-20-13)9-12(17)14-10-5-2-3-6-11(10)16/h4,7-8,10-11,16H,2-3,5-6,9H2,1H3,(H,14,17). The van der Waals surface area contributed by atoms with E-state index < -0.39 is 16.1 Å². The predicted octanol–water partition coefficient (Wildman–Crippen LogP) is 0.788. The highest BCUT2D eigenvalue weighted by Gasteiger charge is 2.27. The molecule has 1 aliphatic carbocycles. The van der Waals surface area contributed by atoms with Crippen molar-refractivity contribution in [2.75, 3.05) is 13.6 Å². The first kappa shape index (κ1) is 16.4. The van der Waals surface area contributed by atoms with Gasteiger partial charge in [0.25, 0.3) is 10.0 Å². The van der Waals surface area contributed by atoms with Crippen molar-refractivity contribution in [3.8, 4) is 0 Å². The average molecular weight is 332 g/mol. The molecular weight excluding hydrogens is 312 g/mol. The maximum atomic E-state index is 12.2. The van der Waals surface area contributed by atoms with Crippen molar-refractivity contribution in [1.29, 1.82) is 0 Å². The number of thiophene rings is 1. The quantitative estimate of drug-likeness (QED) is 0.834. The summed E-state index contributed by atoms with van der Waals surface area (Å²) < 4.78 is 25.6. The third-order valence-electron chi connectivity index (χ3n) is 3.60. The van der Waals surface area contributed by atoms with Gasteiger partial charge in [-0.2, -0.15) is 4.31 Å². The van der Waals surface area contributed by atoms with E-state index in [1.807, 2.05) is 0 Å². The van der Waals surface area contributed by atoms with Crippen LogP contribution in [0.25, 0.3) is 0 Å². The van der Waals surface area contributed by atoms with E-state index in [1.54, 1.807) is 11.4 Å². The van der Waals surface area contributed by atoms with E-state index in [2.05, 4.69) is 5.32 Å². The summed E-state index contributed by atoms with van der Waals surface area (Å²) in [6.45, 7) is -0.247. The molecule has 0 bridgehead atoms. The molecule has 2 N–H and O–H groups in total. The summed E-state index contributed by atoms with van der Waals surface area (Å²) in [4.78, 5) is 12.0. The van der Waals surface area contributed by atoms with Crippen LogP contribution < -0.4 is 5.32 Å². The number of hydrogen-bond acceptors (Lipinski definition) is 5. The number of nitrogens with zero attached hydrogens (tertiary/aromatic N) is 1. The number of aliphatic hydroxyl groups is 1. The van der Waals surface area contributed by atoms with Crippen molar-refractivity contribution in [2.45, 2.75) is 42.0 Å². The Kier molecular flexibility index (Phi) is 5.37. The van der Waals surface area contributed by atoms with Gasteiger partial charge in [0.2, 0.25) is 5.91 Å². The van der Waals surface area contributed by atoms with Gasteiger partial charge >= 0.3 is 0 Å². The molecule has 2 rings (SSSR count). The Hall–Kier alpha value is -0.960. The molecule has 118 valence electrons. The minimum absolute atomic E-state index is 0.218. The molecule has 8 heteroatoms. The lowest BCUT2D eigenvalue weighted by molar-refractivity contribution is -0.123. The molecule has 1 heterocycles.